The van der Waals surface area contributed by atoms with E-state index in [1.54, 1.807) is 6.20 Å². The van der Waals surface area contributed by atoms with Crippen LogP contribution in [0.1, 0.15) is 12.6 Å². The van der Waals surface area contributed by atoms with E-state index >= 15 is 0 Å². The van der Waals surface area contributed by atoms with E-state index in [0.29, 0.717) is 0 Å². The Balaban J connectivity index is 2.48. The van der Waals surface area contributed by atoms with E-state index in [1.165, 1.54) is 0 Å². The molecule has 0 saturated heterocycles. The second-order valence-corrected chi connectivity index (χ2v) is 3.37. The zero-order valence-corrected chi connectivity index (χ0v) is 7.64. The largest absolute Gasteiger partial charge is 0.328 e. The molecule has 1 unspecified atom stereocenters. The van der Waals surface area contributed by atoms with Crippen molar-refractivity contribution in [3.63, 3.8) is 0 Å². The summed E-state index contributed by atoms with van der Waals surface area (Å²) in [5.74, 6) is 0. The first-order valence-electron chi connectivity index (χ1n) is 4.44. The monoisotopic (exact) mass is 175 g/mol. The molecule has 0 aromatic carbocycles. The van der Waals surface area contributed by atoms with Crippen LogP contribution in [0.15, 0.2) is 30.5 Å². The van der Waals surface area contributed by atoms with Gasteiger partial charge in [0, 0.05) is 24.4 Å². The number of hydrogen-bond acceptors (Lipinski definition) is 2. The smallest absolute Gasteiger partial charge is 0.0664 e. The molecule has 0 fully saturated rings. The lowest BCUT2D eigenvalue weighted by Crippen LogP contribution is -2.19. The van der Waals surface area contributed by atoms with Crippen molar-refractivity contribution in [3.8, 4) is 0 Å². The summed E-state index contributed by atoms with van der Waals surface area (Å²) in [4.78, 5) is 0. The van der Waals surface area contributed by atoms with Gasteiger partial charge in [-0.05, 0) is 25.1 Å². The molecular weight excluding hydrogens is 162 g/mol. The van der Waals surface area contributed by atoms with Crippen LogP contribution in [0.2, 0.25) is 0 Å². The van der Waals surface area contributed by atoms with Crippen molar-refractivity contribution in [1.29, 1.82) is 0 Å². The number of pyridine rings is 1. The van der Waals surface area contributed by atoms with Crippen LogP contribution in [0.3, 0.4) is 0 Å². The molecule has 13 heavy (non-hydrogen) atoms. The Morgan fingerprint density at radius 2 is 2.31 bits per heavy atom. The minimum atomic E-state index is 0.176. The first-order valence-corrected chi connectivity index (χ1v) is 4.44. The van der Waals surface area contributed by atoms with Crippen LogP contribution in [0.5, 0.6) is 0 Å². The van der Waals surface area contributed by atoms with Crippen molar-refractivity contribution in [2.24, 2.45) is 5.73 Å². The van der Waals surface area contributed by atoms with Gasteiger partial charge in [-0.25, -0.2) is 4.52 Å². The number of nitrogens with two attached hydrogens (primary N) is 1. The summed E-state index contributed by atoms with van der Waals surface area (Å²) >= 11 is 0. The normalized spacial score (nSPS) is 13.4. The molecule has 0 amide bonds. The van der Waals surface area contributed by atoms with Gasteiger partial charge in [-0.1, -0.05) is 6.07 Å². The van der Waals surface area contributed by atoms with Gasteiger partial charge < -0.3 is 5.73 Å². The quantitative estimate of drug-likeness (QED) is 0.745. The Morgan fingerprint density at radius 3 is 3.08 bits per heavy atom. The fraction of sp³-hybridized carbons (Fsp3) is 0.300. The zero-order chi connectivity index (χ0) is 9.26. The van der Waals surface area contributed by atoms with E-state index in [9.17, 15) is 0 Å². The predicted octanol–water partition coefficient (Wildman–Crippen LogP) is 1.22. The molecule has 3 heteroatoms. The molecule has 3 nitrogen and oxygen atoms in total. The lowest BCUT2D eigenvalue weighted by molar-refractivity contribution is 0.698. The molecule has 1 atom stereocenters. The van der Waals surface area contributed by atoms with Crippen LogP contribution in [0.4, 0.5) is 0 Å². The topological polar surface area (TPSA) is 43.3 Å². The van der Waals surface area contributed by atoms with Crippen molar-refractivity contribution in [2.75, 3.05) is 0 Å². The number of nitrogens with zero attached hydrogens (tertiary/aromatic N) is 2. The predicted molar refractivity (Wildman–Crippen MR) is 52.5 cm³/mol. The maximum Gasteiger partial charge on any atom is 0.0664 e. The van der Waals surface area contributed by atoms with Crippen LogP contribution in [0.25, 0.3) is 5.52 Å². The lowest BCUT2D eigenvalue weighted by Gasteiger charge is -2.06. The highest BCUT2D eigenvalue weighted by Crippen LogP contribution is 2.07. The Hall–Kier alpha value is -1.35. The van der Waals surface area contributed by atoms with Crippen molar-refractivity contribution >= 4 is 5.52 Å². The van der Waals surface area contributed by atoms with Crippen LogP contribution in [-0.4, -0.2) is 15.7 Å². The van der Waals surface area contributed by atoms with Gasteiger partial charge in [0.2, 0.25) is 0 Å². The highest BCUT2D eigenvalue weighted by atomic mass is 15.2. The van der Waals surface area contributed by atoms with Gasteiger partial charge in [0.05, 0.1) is 5.52 Å². The van der Waals surface area contributed by atoms with E-state index in [4.69, 9.17) is 5.73 Å². The second-order valence-electron chi connectivity index (χ2n) is 3.37. The lowest BCUT2D eigenvalue weighted by atomic mass is 10.2. The number of aromatic nitrogens is 2. The average molecular weight is 175 g/mol. The molecule has 0 radical (unpaired) electrons. The summed E-state index contributed by atoms with van der Waals surface area (Å²) in [6.07, 6.45) is 2.67. The SMILES string of the molecule is CC(N)Cc1cccc2ccnn12. The Bertz CT molecular complexity index is 403. The maximum atomic E-state index is 5.74. The molecule has 0 spiro atoms. The summed E-state index contributed by atoms with van der Waals surface area (Å²) < 4.78 is 1.93. The summed E-state index contributed by atoms with van der Waals surface area (Å²) in [6, 6.07) is 8.30. The highest BCUT2D eigenvalue weighted by molar-refractivity contribution is 5.46. The zero-order valence-electron chi connectivity index (χ0n) is 7.64. The van der Waals surface area contributed by atoms with Gasteiger partial charge in [0.1, 0.15) is 0 Å². The summed E-state index contributed by atoms with van der Waals surface area (Å²) in [5, 5.41) is 4.23. The van der Waals surface area contributed by atoms with Gasteiger partial charge in [0.15, 0.2) is 0 Å². The fourth-order valence-electron chi connectivity index (χ4n) is 1.49. The van der Waals surface area contributed by atoms with Gasteiger partial charge >= 0.3 is 0 Å². The van der Waals surface area contributed by atoms with Crippen LogP contribution in [0, 0.1) is 0 Å². The van der Waals surface area contributed by atoms with Crippen LogP contribution in [-0.2, 0) is 6.42 Å². The minimum absolute atomic E-state index is 0.176. The van der Waals surface area contributed by atoms with Gasteiger partial charge in [-0.2, -0.15) is 5.10 Å². The average Bonchev–Trinajstić information content (AvgIpc) is 2.51. The van der Waals surface area contributed by atoms with Gasteiger partial charge in [0.25, 0.3) is 0 Å². The number of rotatable bonds is 2. The Kier molecular flexibility index (Phi) is 2.02. The molecule has 0 saturated carbocycles. The van der Waals surface area contributed by atoms with E-state index in [-0.39, 0.29) is 6.04 Å². The highest BCUT2D eigenvalue weighted by Gasteiger charge is 2.02. The number of hydrogen-bond donors (Lipinski definition) is 1. The molecule has 2 heterocycles. The van der Waals surface area contributed by atoms with E-state index in [2.05, 4.69) is 11.2 Å². The molecule has 2 aromatic heterocycles. The molecule has 0 bridgehead atoms. The molecule has 2 N–H and O–H groups in total. The van der Waals surface area contributed by atoms with Crippen molar-refractivity contribution in [3.05, 3.63) is 36.2 Å². The minimum Gasteiger partial charge on any atom is -0.328 e. The van der Waals surface area contributed by atoms with E-state index in [0.717, 1.165) is 17.6 Å². The maximum absolute atomic E-state index is 5.74. The third-order valence-corrected chi connectivity index (χ3v) is 2.03. The van der Waals surface area contributed by atoms with E-state index < -0.39 is 0 Å². The van der Waals surface area contributed by atoms with Crippen molar-refractivity contribution in [2.45, 2.75) is 19.4 Å². The van der Waals surface area contributed by atoms with Crippen LogP contribution < -0.4 is 5.73 Å². The molecule has 0 aliphatic heterocycles. The Labute approximate surface area is 77.2 Å². The third kappa shape index (κ3) is 1.55. The number of fused-ring (bicyclic) bond motifs is 1. The van der Waals surface area contributed by atoms with E-state index in [1.807, 2.05) is 29.6 Å². The molecule has 2 aromatic rings. The summed E-state index contributed by atoms with van der Waals surface area (Å²) in [7, 11) is 0. The standard InChI is InChI=1S/C10H13N3/c1-8(11)7-10-4-2-3-9-5-6-12-13(9)10/h2-6,8H,7,11H2,1H3. The van der Waals surface area contributed by atoms with Gasteiger partial charge in [-0.3, -0.25) is 0 Å². The first-order chi connectivity index (χ1) is 6.27. The van der Waals surface area contributed by atoms with Crippen molar-refractivity contribution < 1.29 is 0 Å². The fourth-order valence-corrected chi connectivity index (χ4v) is 1.49. The first kappa shape index (κ1) is 8.26. The summed E-state index contributed by atoms with van der Waals surface area (Å²) in [5.41, 5.74) is 8.03. The van der Waals surface area contributed by atoms with Crippen LogP contribution >= 0.6 is 0 Å². The molecule has 68 valence electrons. The Morgan fingerprint density at radius 1 is 1.46 bits per heavy atom. The third-order valence-electron chi connectivity index (χ3n) is 2.03. The molecular formula is C10H13N3. The molecule has 2 rings (SSSR count). The second kappa shape index (κ2) is 3.18. The molecule has 0 aliphatic carbocycles. The summed E-state index contributed by atoms with van der Waals surface area (Å²) in [6.45, 7) is 2.00. The molecule has 0 aliphatic rings. The van der Waals surface area contributed by atoms with Gasteiger partial charge in [-0.15, -0.1) is 0 Å². The van der Waals surface area contributed by atoms with Crippen molar-refractivity contribution in [1.82, 2.24) is 9.61 Å².